The van der Waals surface area contributed by atoms with Crippen LogP contribution in [0.3, 0.4) is 0 Å². The highest BCUT2D eigenvalue weighted by Gasteiger charge is 2.43. The largest absolute Gasteiger partial charge is 0.492 e. The number of fused-ring (bicyclic) bond motifs is 1. The molecule has 6 nitrogen and oxygen atoms in total. The van der Waals surface area contributed by atoms with E-state index in [4.69, 9.17) is 14.2 Å². The maximum absolute atomic E-state index is 11.9. The monoisotopic (exact) mass is 349 g/mol. The summed E-state index contributed by atoms with van der Waals surface area (Å²) in [5, 5.41) is 0.174. The topological polar surface area (TPSA) is 65.1 Å². The predicted octanol–water partition coefficient (Wildman–Crippen LogP) is 2.16. The molecule has 1 atom stereocenters. The van der Waals surface area contributed by atoms with E-state index in [-0.39, 0.29) is 37.1 Å². The third kappa shape index (κ3) is 3.84. The molecule has 128 valence electrons. The van der Waals surface area contributed by atoms with Crippen molar-refractivity contribution in [3.63, 3.8) is 0 Å². The lowest BCUT2D eigenvalue weighted by molar-refractivity contribution is -0.142. The van der Waals surface area contributed by atoms with Gasteiger partial charge in [-0.3, -0.25) is 14.5 Å². The van der Waals surface area contributed by atoms with E-state index < -0.39 is 0 Å². The molecule has 3 rings (SSSR count). The third-order valence-electron chi connectivity index (χ3n) is 3.71. The number of hydrogen-bond donors (Lipinski definition) is 0. The Bertz CT molecular complexity index is 646. The molecule has 24 heavy (non-hydrogen) atoms. The van der Waals surface area contributed by atoms with Crippen molar-refractivity contribution in [3.8, 4) is 5.75 Å². The first kappa shape index (κ1) is 16.7. The van der Waals surface area contributed by atoms with Gasteiger partial charge in [0.2, 0.25) is 5.91 Å². The second-order valence-corrected chi connectivity index (χ2v) is 6.56. The summed E-state index contributed by atoms with van der Waals surface area (Å²) in [7, 11) is 0. The average Bonchev–Trinajstić information content (AvgIpc) is 2.57. The SMILES string of the molecule is CC(=O)OCCOC1=C(COc2ccccc2)N2C(=O)C[C@H]2SC1. The normalized spacial score (nSPS) is 19.5. The van der Waals surface area contributed by atoms with Crippen LogP contribution in [0.5, 0.6) is 5.75 Å². The van der Waals surface area contributed by atoms with E-state index in [0.29, 0.717) is 17.9 Å². The lowest BCUT2D eigenvalue weighted by atomic mass is 10.1. The molecule has 1 aromatic carbocycles. The van der Waals surface area contributed by atoms with Gasteiger partial charge in [0, 0.05) is 6.92 Å². The van der Waals surface area contributed by atoms with Crippen LogP contribution in [-0.2, 0) is 19.1 Å². The van der Waals surface area contributed by atoms with Crippen LogP contribution in [0.15, 0.2) is 41.8 Å². The lowest BCUT2D eigenvalue weighted by Gasteiger charge is -2.44. The Hall–Kier alpha value is -2.15. The quantitative estimate of drug-likeness (QED) is 0.427. The van der Waals surface area contributed by atoms with E-state index in [0.717, 1.165) is 11.4 Å². The number of nitrogens with zero attached hydrogens (tertiary/aromatic N) is 1. The molecule has 1 fully saturated rings. The molecule has 0 spiro atoms. The van der Waals surface area contributed by atoms with E-state index in [1.54, 1.807) is 16.7 Å². The Kier molecular flexibility index (Phi) is 5.30. The van der Waals surface area contributed by atoms with Crippen molar-refractivity contribution in [2.45, 2.75) is 18.7 Å². The highest BCUT2D eigenvalue weighted by molar-refractivity contribution is 8.00. The highest BCUT2D eigenvalue weighted by Crippen LogP contribution is 2.40. The van der Waals surface area contributed by atoms with Gasteiger partial charge in [0.25, 0.3) is 0 Å². The van der Waals surface area contributed by atoms with E-state index in [9.17, 15) is 9.59 Å². The minimum absolute atomic E-state index is 0.0833. The summed E-state index contributed by atoms with van der Waals surface area (Å²) in [6.45, 7) is 2.08. The summed E-state index contributed by atoms with van der Waals surface area (Å²) < 4.78 is 16.4. The highest BCUT2D eigenvalue weighted by atomic mass is 32.2. The number of ether oxygens (including phenoxy) is 3. The number of thioether (sulfide) groups is 1. The van der Waals surface area contributed by atoms with Crippen LogP contribution in [0.2, 0.25) is 0 Å². The van der Waals surface area contributed by atoms with Crippen molar-refractivity contribution in [1.29, 1.82) is 0 Å². The smallest absolute Gasteiger partial charge is 0.302 e. The number of carbonyl (C=O) groups excluding carboxylic acids is 2. The van der Waals surface area contributed by atoms with Crippen LogP contribution in [0.4, 0.5) is 0 Å². The van der Waals surface area contributed by atoms with Gasteiger partial charge in [0.15, 0.2) is 0 Å². The minimum atomic E-state index is -0.337. The standard InChI is InChI=1S/C17H19NO5S/c1-12(19)21-7-8-22-15-11-24-17-9-16(20)18(17)14(15)10-23-13-5-3-2-4-6-13/h2-6,17H,7-11H2,1H3/t17-/m1/s1. The van der Waals surface area contributed by atoms with Crippen LogP contribution in [0, 0.1) is 0 Å². The maximum atomic E-state index is 11.9. The fourth-order valence-corrected chi connectivity index (χ4v) is 3.78. The summed E-state index contributed by atoms with van der Waals surface area (Å²) in [6, 6.07) is 9.45. The summed E-state index contributed by atoms with van der Waals surface area (Å²) in [6.07, 6.45) is 0.556. The van der Waals surface area contributed by atoms with Crippen molar-refractivity contribution in [2.24, 2.45) is 0 Å². The molecule has 0 aromatic heterocycles. The first-order valence-corrected chi connectivity index (χ1v) is 8.79. The van der Waals surface area contributed by atoms with Gasteiger partial charge in [-0.15, -0.1) is 11.8 Å². The maximum Gasteiger partial charge on any atom is 0.302 e. The molecular weight excluding hydrogens is 330 g/mol. The van der Waals surface area contributed by atoms with Gasteiger partial charge in [-0.1, -0.05) is 18.2 Å². The zero-order valence-electron chi connectivity index (χ0n) is 13.4. The number of benzene rings is 1. The second-order valence-electron chi connectivity index (χ2n) is 5.39. The molecule has 0 aliphatic carbocycles. The van der Waals surface area contributed by atoms with Crippen molar-refractivity contribution in [1.82, 2.24) is 4.90 Å². The van der Waals surface area contributed by atoms with E-state index in [1.807, 2.05) is 30.3 Å². The minimum Gasteiger partial charge on any atom is -0.492 e. The molecular formula is C17H19NO5S. The zero-order valence-corrected chi connectivity index (χ0v) is 14.2. The van der Waals surface area contributed by atoms with Gasteiger partial charge in [0.05, 0.1) is 23.2 Å². The van der Waals surface area contributed by atoms with Crippen LogP contribution >= 0.6 is 11.8 Å². The number of esters is 1. The van der Waals surface area contributed by atoms with Crippen LogP contribution in [0.1, 0.15) is 13.3 Å². The molecule has 2 heterocycles. The van der Waals surface area contributed by atoms with E-state index in [2.05, 4.69) is 0 Å². The summed E-state index contributed by atoms with van der Waals surface area (Å²) in [5.74, 6) is 1.89. The van der Waals surface area contributed by atoms with Gasteiger partial charge in [0.1, 0.15) is 31.3 Å². The Morgan fingerprint density at radius 2 is 2.04 bits per heavy atom. The van der Waals surface area contributed by atoms with Gasteiger partial charge < -0.3 is 14.2 Å². The third-order valence-corrected chi connectivity index (χ3v) is 4.90. The molecule has 0 saturated carbocycles. The average molecular weight is 349 g/mol. The van der Waals surface area contributed by atoms with Gasteiger partial charge >= 0.3 is 5.97 Å². The number of amides is 1. The molecule has 1 saturated heterocycles. The Morgan fingerprint density at radius 1 is 1.25 bits per heavy atom. The van der Waals surface area contributed by atoms with E-state index >= 15 is 0 Å². The van der Waals surface area contributed by atoms with Crippen LogP contribution in [-0.4, -0.2) is 47.7 Å². The molecule has 2 aliphatic heterocycles. The van der Waals surface area contributed by atoms with Crippen LogP contribution < -0.4 is 4.74 Å². The summed E-state index contributed by atoms with van der Waals surface area (Å²) in [4.78, 5) is 24.5. The van der Waals surface area contributed by atoms with Gasteiger partial charge in [-0.05, 0) is 12.1 Å². The number of hydrogen-bond acceptors (Lipinski definition) is 6. The van der Waals surface area contributed by atoms with Crippen molar-refractivity contribution in [3.05, 3.63) is 41.8 Å². The van der Waals surface area contributed by atoms with Crippen LogP contribution in [0.25, 0.3) is 0 Å². The first-order valence-electron chi connectivity index (χ1n) is 7.75. The molecule has 7 heteroatoms. The number of rotatable bonds is 7. The second kappa shape index (κ2) is 7.61. The molecule has 1 amide bonds. The first-order chi connectivity index (χ1) is 11.6. The van der Waals surface area contributed by atoms with Gasteiger partial charge in [-0.25, -0.2) is 0 Å². The number of carbonyl (C=O) groups is 2. The Balaban J connectivity index is 1.66. The summed E-state index contributed by atoms with van der Waals surface area (Å²) in [5.41, 5.74) is 0.765. The molecule has 0 N–H and O–H groups in total. The molecule has 1 aromatic rings. The zero-order chi connectivity index (χ0) is 16.9. The van der Waals surface area contributed by atoms with Crippen molar-refractivity contribution >= 4 is 23.6 Å². The Labute approximate surface area is 144 Å². The molecule has 2 aliphatic rings. The Morgan fingerprint density at radius 3 is 2.75 bits per heavy atom. The van der Waals surface area contributed by atoms with Gasteiger partial charge in [-0.2, -0.15) is 0 Å². The fourth-order valence-electron chi connectivity index (χ4n) is 2.53. The predicted molar refractivity (Wildman–Crippen MR) is 89.3 cm³/mol. The molecule has 0 unspecified atom stereocenters. The molecule has 0 radical (unpaired) electrons. The number of β-lactam (4-membered cyclic amide) rings is 1. The van der Waals surface area contributed by atoms with Crippen molar-refractivity contribution < 1.29 is 23.8 Å². The molecule has 0 bridgehead atoms. The van der Waals surface area contributed by atoms with E-state index in [1.165, 1.54) is 6.92 Å². The fraction of sp³-hybridized carbons (Fsp3) is 0.412. The van der Waals surface area contributed by atoms with Crippen molar-refractivity contribution in [2.75, 3.05) is 25.6 Å². The summed E-state index contributed by atoms with van der Waals surface area (Å²) >= 11 is 1.67. The number of para-hydroxylation sites is 1. The lowest BCUT2D eigenvalue weighted by Crippen LogP contribution is -2.53.